The number of ether oxygens (including phenoxy) is 1. The van der Waals surface area contributed by atoms with Crippen molar-refractivity contribution in [3.05, 3.63) is 102 Å². The Balaban J connectivity index is 1.29. The van der Waals surface area contributed by atoms with Crippen molar-refractivity contribution < 1.29 is 18.3 Å². The number of aryl methyl sites for hydroxylation is 2. The van der Waals surface area contributed by atoms with Gasteiger partial charge in [0.25, 0.3) is 5.91 Å². The van der Waals surface area contributed by atoms with E-state index in [9.17, 15) is 9.18 Å². The molecular formula is C23H20FN3O3. The average Bonchev–Trinajstić information content (AvgIpc) is 3.42. The van der Waals surface area contributed by atoms with E-state index < -0.39 is 0 Å². The van der Waals surface area contributed by atoms with E-state index in [0.29, 0.717) is 23.7 Å². The topological polar surface area (TPSA) is 69.3 Å². The van der Waals surface area contributed by atoms with E-state index in [1.165, 1.54) is 29.8 Å². The number of hydrogen-bond acceptors (Lipinski definition) is 4. The van der Waals surface area contributed by atoms with Gasteiger partial charge in [-0.1, -0.05) is 30.3 Å². The molecule has 0 aliphatic carbocycles. The largest absolute Gasteiger partial charge is 0.486 e. The number of nitrogens with one attached hydrogen (secondary N) is 1. The molecule has 4 rings (SSSR count). The summed E-state index contributed by atoms with van der Waals surface area (Å²) in [4.78, 5) is 12.4. The Labute approximate surface area is 172 Å². The van der Waals surface area contributed by atoms with Crippen LogP contribution in [-0.4, -0.2) is 15.7 Å². The lowest BCUT2D eigenvalue weighted by molar-refractivity contribution is 0.0992. The van der Waals surface area contributed by atoms with Crippen LogP contribution in [0.25, 0.3) is 0 Å². The lowest BCUT2D eigenvalue weighted by Crippen LogP contribution is -2.10. The van der Waals surface area contributed by atoms with Crippen LogP contribution in [0.2, 0.25) is 0 Å². The number of furan rings is 1. The van der Waals surface area contributed by atoms with E-state index in [1.807, 2.05) is 18.2 Å². The second-order valence-electron chi connectivity index (χ2n) is 6.69. The maximum atomic E-state index is 12.9. The Morgan fingerprint density at radius 3 is 2.67 bits per heavy atom. The third kappa shape index (κ3) is 5.14. The molecule has 0 radical (unpaired) electrons. The Morgan fingerprint density at radius 2 is 1.87 bits per heavy atom. The van der Waals surface area contributed by atoms with Crippen molar-refractivity contribution in [1.29, 1.82) is 0 Å². The van der Waals surface area contributed by atoms with Crippen molar-refractivity contribution in [2.75, 3.05) is 5.32 Å². The van der Waals surface area contributed by atoms with Gasteiger partial charge >= 0.3 is 0 Å². The molecular weight excluding hydrogens is 385 g/mol. The van der Waals surface area contributed by atoms with Crippen molar-refractivity contribution >= 4 is 11.6 Å². The highest BCUT2D eigenvalue weighted by atomic mass is 19.1. The number of halogens is 1. The van der Waals surface area contributed by atoms with Crippen LogP contribution < -0.4 is 10.1 Å². The van der Waals surface area contributed by atoms with Crippen LogP contribution in [0.3, 0.4) is 0 Å². The first kappa shape index (κ1) is 19.4. The third-order valence-electron chi connectivity index (χ3n) is 4.44. The van der Waals surface area contributed by atoms with Crippen molar-refractivity contribution in [2.24, 2.45) is 0 Å². The average molecular weight is 405 g/mol. The van der Waals surface area contributed by atoms with Gasteiger partial charge in [0, 0.05) is 12.7 Å². The predicted molar refractivity (Wildman–Crippen MR) is 110 cm³/mol. The minimum Gasteiger partial charge on any atom is -0.486 e. The number of hydrogen-bond donors (Lipinski definition) is 1. The van der Waals surface area contributed by atoms with Gasteiger partial charge in [-0.05, 0) is 48.4 Å². The molecule has 0 saturated heterocycles. The van der Waals surface area contributed by atoms with Gasteiger partial charge in [0.2, 0.25) is 0 Å². The molecule has 0 aliphatic heterocycles. The van der Waals surface area contributed by atoms with Crippen LogP contribution in [0.15, 0.2) is 83.5 Å². The van der Waals surface area contributed by atoms with E-state index in [-0.39, 0.29) is 24.1 Å². The molecule has 0 atom stereocenters. The normalized spacial score (nSPS) is 10.7. The smallest absolute Gasteiger partial charge is 0.291 e. The number of rotatable bonds is 8. The van der Waals surface area contributed by atoms with Gasteiger partial charge in [-0.25, -0.2) is 4.39 Å². The fourth-order valence-corrected chi connectivity index (χ4v) is 2.89. The molecule has 0 aliphatic rings. The van der Waals surface area contributed by atoms with E-state index in [1.54, 1.807) is 29.2 Å². The molecule has 0 fully saturated rings. The summed E-state index contributed by atoms with van der Waals surface area (Å²) in [5, 5.41) is 7.05. The molecule has 0 bridgehead atoms. The van der Waals surface area contributed by atoms with Crippen molar-refractivity contribution in [3.63, 3.8) is 0 Å². The summed E-state index contributed by atoms with van der Waals surface area (Å²) >= 11 is 0. The standard InChI is InChI=1S/C23H20FN3O3/c24-18-6-8-20(9-7-18)29-16-21-10-11-22(30-21)23(28)26-19-14-25-27(15-19)13-12-17-4-2-1-3-5-17/h1-11,14-15H,12-13,16H2,(H,26,28). The van der Waals surface area contributed by atoms with Crippen LogP contribution in [-0.2, 0) is 19.6 Å². The fourth-order valence-electron chi connectivity index (χ4n) is 2.89. The van der Waals surface area contributed by atoms with E-state index in [4.69, 9.17) is 9.15 Å². The second-order valence-corrected chi connectivity index (χ2v) is 6.69. The summed E-state index contributed by atoms with van der Waals surface area (Å²) in [6.07, 6.45) is 4.23. The number of carbonyl (C=O) groups is 1. The molecule has 0 saturated carbocycles. The summed E-state index contributed by atoms with van der Waals surface area (Å²) in [6.45, 7) is 0.849. The van der Waals surface area contributed by atoms with Gasteiger partial charge in [-0.15, -0.1) is 0 Å². The number of anilines is 1. The number of nitrogens with zero attached hydrogens (tertiary/aromatic N) is 2. The molecule has 6 nitrogen and oxygen atoms in total. The third-order valence-corrected chi connectivity index (χ3v) is 4.44. The Bertz CT molecular complexity index is 1100. The molecule has 1 amide bonds. The molecule has 4 aromatic rings. The molecule has 7 heteroatoms. The molecule has 2 aromatic heterocycles. The Hall–Kier alpha value is -3.87. The highest BCUT2D eigenvalue weighted by Crippen LogP contribution is 2.16. The highest BCUT2D eigenvalue weighted by molar-refractivity contribution is 6.02. The van der Waals surface area contributed by atoms with Gasteiger partial charge in [0.1, 0.15) is 23.9 Å². The van der Waals surface area contributed by atoms with Gasteiger partial charge in [0.15, 0.2) is 5.76 Å². The summed E-state index contributed by atoms with van der Waals surface area (Å²) in [5.74, 6) is 0.475. The van der Waals surface area contributed by atoms with Gasteiger partial charge in [-0.2, -0.15) is 5.10 Å². The number of aromatic nitrogens is 2. The summed E-state index contributed by atoms with van der Waals surface area (Å²) in [6, 6.07) is 19.1. The van der Waals surface area contributed by atoms with Crippen LogP contribution in [0.5, 0.6) is 5.75 Å². The molecule has 0 spiro atoms. The monoisotopic (exact) mass is 405 g/mol. The zero-order valence-corrected chi connectivity index (χ0v) is 16.1. The quantitative estimate of drug-likeness (QED) is 0.462. The molecule has 0 unspecified atom stereocenters. The zero-order valence-electron chi connectivity index (χ0n) is 16.1. The Morgan fingerprint density at radius 1 is 1.07 bits per heavy atom. The first-order valence-corrected chi connectivity index (χ1v) is 9.50. The summed E-state index contributed by atoms with van der Waals surface area (Å²) in [5.41, 5.74) is 1.82. The fraction of sp³-hybridized carbons (Fsp3) is 0.130. The molecule has 2 heterocycles. The van der Waals surface area contributed by atoms with Crippen LogP contribution in [0.4, 0.5) is 10.1 Å². The maximum Gasteiger partial charge on any atom is 0.291 e. The lowest BCUT2D eigenvalue weighted by Gasteiger charge is -2.04. The lowest BCUT2D eigenvalue weighted by atomic mass is 10.1. The molecule has 152 valence electrons. The first-order valence-electron chi connectivity index (χ1n) is 9.50. The van der Waals surface area contributed by atoms with Crippen LogP contribution in [0.1, 0.15) is 21.9 Å². The number of carbonyl (C=O) groups excluding carboxylic acids is 1. The minimum atomic E-state index is -0.370. The Kier molecular flexibility index (Phi) is 5.89. The zero-order chi connectivity index (χ0) is 20.8. The predicted octanol–water partition coefficient (Wildman–Crippen LogP) is 4.69. The maximum absolute atomic E-state index is 12.9. The van der Waals surface area contributed by atoms with E-state index in [2.05, 4.69) is 22.5 Å². The SMILES string of the molecule is O=C(Nc1cnn(CCc2ccccc2)c1)c1ccc(COc2ccc(F)cc2)o1. The summed E-state index contributed by atoms with van der Waals surface area (Å²) in [7, 11) is 0. The van der Waals surface area contributed by atoms with Crippen molar-refractivity contribution in [2.45, 2.75) is 19.6 Å². The van der Waals surface area contributed by atoms with Crippen molar-refractivity contribution in [3.8, 4) is 5.75 Å². The summed E-state index contributed by atoms with van der Waals surface area (Å²) < 4.78 is 25.8. The van der Waals surface area contributed by atoms with E-state index in [0.717, 1.165) is 6.42 Å². The number of amides is 1. The van der Waals surface area contributed by atoms with Gasteiger partial charge in [-0.3, -0.25) is 9.48 Å². The second kappa shape index (κ2) is 9.09. The van der Waals surface area contributed by atoms with E-state index >= 15 is 0 Å². The number of benzene rings is 2. The highest BCUT2D eigenvalue weighted by Gasteiger charge is 2.13. The minimum absolute atomic E-state index is 0.135. The van der Waals surface area contributed by atoms with Crippen LogP contribution >= 0.6 is 0 Å². The van der Waals surface area contributed by atoms with Gasteiger partial charge < -0.3 is 14.5 Å². The van der Waals surface area contributed by atoms with Crippen LogP contribution in [0, 0.1) is 5.82 Å². The molecule has 30 heavy (non-hydrogen) atoms. The van der Waals surface area contributed by atoms with Crippen molar-refractivity contribution in [1.82, 2.24) is 9.78 Å². The molecule has 1 N–H and O–H groups in total. The van der Waals surface area contributed by atoms with Gasteiger partial charge in [0.05, 0.1) is 11.9 Å². The first-order chi connectivity index (χ1) is 14.7. The molecule has 2 aromatic carbocycles.